The van der Waals surface area contributed by atoms with Crippen molar-refractivity contribution in [2.24, 2.45) is 0 Å². The topological polar surface area (TPSA) is 0 Å². The molecule has 0 N–H and O–H groups in total. The normalized spacial score (nSPS) is 10.8. The van der Waals surface area contributed by atoms with Crippen LogP contribution in [0.2, 0.25) is 0 Å². The van der Waals surface area contributed by atoms with Crippen LogP contribution in [0.25, 0.3) is 21.5 Å². The van der Waals surface area contributed by atoms with Crippen molar-refractivity contribution in [1.29, 1.82) is 0 Å². The van der Waals surface area contributed by atoms with Crippen molar-refractivity contribution in [1.82, 2.24) is 0 Å². The Kier molecular flexibility index (Phi) is 12.0. The summed E-state index contributed by atoms with van der Waals surface area (Å²) in [7, 11) is 0. The molecule has 0 aliphatic heterocycles. The molecule has 124 valence electrons. The first-order valence-corrected chi connectivity index (χ1v) is 8.68. The molecule has 0 bridgehead atoms. The van der Waals surface area contributed by atoms with Crippen LogP contribution in [0.15, 0.2) is 72.8 Å². The summed E-state index contributed by atoms with van der Waals surface area (Å²) in [4.78, 5) is 0. The smallest absolute Gasteiger partial charge is 0.0370 e. The molecule has 3 heteroatoms. The first-order valence-electron chi connectivity index (χ1n) is 7.45. The zero-order valence-electron chi connectivity index (χ0n) is 13.9. The maximum atomic E-state index is 2.99. The largest absolute Gasteiger partial charge is 1.00 e. The molecule has 0 atom stereocenters. The zero-order valence-corrected chi connectivity index (χ0v) is 17.9. The van der Waals surface area contributed by atoms with E-state index in [0.29, 0.717) is 0 Å². The van der Waals surface area contributed by atoms with Crippen LogP contribution >= 0.6 is 0 Å². The average molecular weight is 435 g/mol. The number of rotatable bonds is 0. The van der Waals surface area contributed by atoms with Crippen molar-refractivity contribution in [3.05, 3.63) is 78.9 Å². The predicted octanol–water partition coefficient (Wildman–Crippen LogP) is -0.229. The van der Waals surface area contributed by atoms with E-state index in [2.05, 4.69) is 80.6 Å². The van der Waals surface area contributed by atoms with E-state index in [1.54, 1.807) is 24.2 Å². The SMILES string of the molecule is C[C](C)=[Zr+2].[C-]1=CC=CC1.[Cl-].[Cl-].c1ccc2c(c1)ccc1[cH-]ccc12. The van der Waals surface area contributed by atoms with Gasteiger partial charge in [0.25, 0.3) is 0 Å². The van der Waals surface area contributed by atoms with Crippen molar-refractivity contribution in [2.45, 2.75) is 20.3 Å². The molecule has 0 saturated carbocycles. The van der Waals surface area contributed by atoms with Crippen LogP contribution in [-0.2, 0) is 24.2 Å². The van der Waals surface area contributed by atoms with Crippen LogP contribution in [-0.4, -0.2) is 3.21 Å². The molecule has 1 aliphatic rings. The number of hydrogen-bond acceptors (Lipinski definition) is 0. The fourth-order valence-corrected chi connectivity index (χ4v) is 2.23. The first-order chi connectivity index (χ1) is 10.7. The minimum Gasteiger partial charge on any atom is -1.00 e. The summed E-state index contributed by atoms with van der Waals surface area (Å²) in [6.07, 6.45) is 10.0. The minimum atomic E-state index is 0. The van der Waals surface area contributed by atoms with E-state index in [-0.39, 0.29) is 24.8 Å². The quantitative estimate of drug-likeness (QED) is 0.429. The number of allylic oxidation sites excluding steroid dienone is 4. The van der Waals surface area contributed by atoms with Gasteiger partial charge in [0.2, 0.25) is 0 Å². The van der Waals surface area contributed by atoms with Crippen LogP contribution in [0.3, 0.4) is 0 Å². The van der Waals surface area contributed by atoms with Crippen LogP contribution in [0.1, 0.15) is 20.3 Å². The van der Waals surface area contributed by atoms with Gasteiger partial charge >= 0.3 is 41.3 Å². The van der Waals surface area contributed by atoms with Gasteiger partial charge in [0.05, 0.1) is 0 Å². The second kappa shape index (κ2) is 12.5. The van der Waals surface area contributed by atoms with Gasteiger partial charge in [0, 0.05) is 0 Å². The third kappa shape index (κ3) is 7.35. The standard InChI is InChI=1S/C13H9.C5H5.C3H6.2ClH.Zr/c1-2-6-12-10(4-1)8-9-11-5-3-7-13(11)12;1-2-4-5-3-1;1-3-2;;;/h1-9H;1-3H,4H2;1-2H3;2*1H;/q2*-1;;;;+2/p-2. The monoisotopic (exact) mass is 432 g/mol. The molecule has 4 rings (SSSR count). The number of benzene rings is 2. The summed E-state index contributed by atoms with van der Waals surface area (Å²) in [5.41, 5.74) is 0. The van der Waals surface area contributed by atoms with Gasteiger partial charge in [0.1, 0.15) is 0 Å². The van der Waals surface area contributed by atoms with E-state index >= 15 is 0 Å². The summed E-state index contributed by atoms with van der Waals surface area (Å²) < 4.78 is 1.51. The maximum absolute atomic E-state index is 2.99. The Balaban J connectivity index is 0.000000409. The Hall–Kier alpha value is -0.877. The number of halogens is 2. The van der Waals surface area contributed by atoms with E-state index in [1.807, 2.05) is 12.2 Å². The molecule has 24 heavy (non-hydrogen) atoms. The van der Waals surface area contributed by atoms with Gasteiger partial charge in [-0.1, -0.05) is 35.7 Å². The molecule has 0 fully saturated rings. The number of hydrogen-bond donors (Lipinski definition) is 0. The van der Waals surface area contributed by atoms with E-state index < -0.39 is 0 Å². The average Bonchev–Trinajstić information content (AvgIpc) is 3.21. The Morgan fingerprint density at radius 1 is 1.00 bits per heavy atom. The molecule has 1 aliphatic carbocycles. The summed E-state index contributed by atoms with van der Waals surface area (Å²) in [5.74, 6) is 0. The van der Waals surface area contributed by atoms with E-state index in [0.717, 1.165) is 6.42 Å². The molecule has 0 heterocycles. The van der Waals surface area contributed by atoms with Gasteiger partial charge in [-0.2, -0.15) is 18.2 Å². The Bertz CT molecular complexity index is 799. The van der Waals surface area contributed by atoms with Gasteiger partial charge in [-0.3, -0.25) is 6.08 Å². The molecule has 0 amide bonds. The molecule has 0 spiro atoms. The maximum Gasteiger partial charge on any atom is -0.0370 e. The van der Waals surface area contributed by atoms with E-state index in [4.69, 9.17) is 0 Å². The van der Waals surface area contributed by atoms with Crippen LogP contribution < -0.4 is 24.8 Å². The number of fused-ring (bicyclic) bond motifs is 3. The molecule has 3 aromatic rings. The van der Waals surface area contributed by atoms with Crippen LogP contribution in [0.5, 0.6) is 0 Å². The van der Waals surface area contributed by atoms with Crippen molar-refractivity contribution in [3.63, 3.8) is 0 Å². The van der Waals surface area contributed by atoms with Crippen molar-refractivity contribution in [2.75, 3.05) is 0 Å². The van der Waals surface area contributed by atoms with Crippen molar-refractivity contribution in [3.8, 4) is 0 Å². The van der Waals surface area contributed by atoms with Crippen LogP contribution in [0.4, 0.5) is 0 Å². The van der Waals surface area contributed by atoms with Gasteiger partial charge in [0.15, 0.2) is 0 Å². The van der Waals surface area contributed by atoms with Gasteiger partial charge in [-0.05, 0) is 5.39 Å². The van der Waals surface area contributed by atoms with E-state index in [1.165, 1.54) is 24.8 Å². The molecule has 0 unspecified atom stereocenters. The van der Waals surface area contributed by atoms with Crippen molar-refractivity contribution < 1.29 is 49.0 Å². The molecular formula is C21H20Cl2Zr-2. The molecular weight excluding hydrogens is 414 g/mol. The third-order valence-corrected chi connectivity index (χ3v) is 3.13. The van der Waals surface area contributed by atoms with E-state index in [9.17, 15) is 0 Å². The Morgan fingerprint density at radius 3 is 2.29 bits per heavy atom. The summed E-state index contributed by atoms with van der Waals surface area (Å²) >= 11 is 1.55. The van der Waals surface area contributed by atoms with Gasteiger partial charge < -0.3 is 24.8 Å². The molecule has 0 aromatic heterocycles. The first kappa shape index (κ1) is 23.1. The molecule has 3 aromatic carbocycles. The minimum absolute atomic E-state index is 0. The Labute approximate surface area is 172 Å². The second-order valence-electron chi connectivity index (χ2n) is 5.32. The summed E-state index contributed by atoms with van der Waals surface area (Å²) in [6, 6.07) is 19.3. The third-order valence-electron chi connectivity index (χ3n) is 3.13. The fraction of sp³-hybridized carbons (Fsp3) is 0.143. The van der Waals surface area contributed by atoms with Crippen LogP contribution in [0, 0.1) is 6.08 Å². The molecule has 0 nitrogen and oxygen atoms in total. The zero-order chi connectivity index (χ0) is 15.8. The molecule has 0 saturated heterocycles. The molecule has 0 radical (unpaired) electrons. The summed E-state index contributed by atoms with van der Waals surface area (Å²) in [5, 5.41) is 5.36. The van der Waals surface area contributed by atoms with Gasteiger partial charge in [-0.15, -0.1) is 29.3 Å². The van der Waals surface area contributed by atoms with Crippen molar-refractivity contribution >= 4 is 24.8 Å². The predicted molar refractivity (Wildman–Crippen MR) is 95.0 cm³/mol. The summed E-state index contributed by atoms with van der Waals surface area (Å²) in [6.45, 7) is 4.25. The fourth-order valence-electron chi connectivity index (χ4n) is 2.23. The second-order valence-corrected chi connectivity index (χ2v) is 7.78. The van der Waals surface area contributed by atoms with Gasteiger partial charge in [-0.25, -0.2) is 12.2 Å². The Morgan fingerprint density at radius 2 is 1.71 bits per heavy atom.